The summed E-state index contributed by atoms with van der Waals surface area (Å²) in [7, 11) is 0. The molecule has 0 aliphatic carbocycles. The summed E-state index contributed by atoms with van der Waals surface area (Å²) < 4.78 is 0. The number of amides is 2. The van der Waals surface area contributed by atoms with Crippen LogP contribution in [0.4, 0.5) is 22.0 Å². The summed E-state index contributed by atoms with van der Waals surface area (Å²) in [5, 5.41) is 12.2. The molecule has 1 fully saturated rings. The van der Waals surface area contributed by atoms with Crippen LogP contribution in [0.1, 0.15) is 18.4 Å². The third-order valence-corrected chi connectivity index (χ3v) is 5.60. The lowest BCUT2D eigenvalue weighted by Gasteiger charge is -2.45. The van der Waals surface area contributed by atoms with Crippen molar-refractivity contribution in [1.82, 2.24) is 9.97 Å². The Morgan fingerprint density at radius 3 is 2.97 bits per heavy atom. The summed E-state index contributed by atoms with van der Waals surface area (Å²) in [5.41, 5.74) is 3.80. The Labute approximate surface area is 174 Å². The van der Waals surface area contributed by atoms with E-state index >= 15 is 0 Å². The van der Waals surface area contributed by atoms with E-state index < -0.39 is 0 Å². The third-order valence-electron chi connectivity index (χ3n) is 5.60. The number of hydrogen-bond acceptors (Lipinski definition) is 5. The van der Waals surface area contributed by atoms with Crippen LogP contribution in [0.2, 0.25) is 0 Å². The van der Waals surface area contributed by atoms with Gasteiger partial charge < -0.3 is 10.2 Å². The minimum Gasteiger partial charge on any atom is -0.366 e. The van der Waals surface area contributed by atoms with Crippen LogP contribution in [0.15, 0.2) is 60.9 Å². The number of nitrogens with one attached hydrogen (secondary N) is 1. The molecule has 1 saturated heterocycles. The highest BCUT2D eigenvalue weighted by atomic mass is 16.2. The standard InChI is InChI=1S/C23H20N6O/c24-13-16-4-1-5-17(12-16)20-8-9-21-22(27-20)29(19-7-3-11-28(21)15-19)23(30)26-18-6-2-10-25-14-18/h1-2,4-6,8-10,12,14,19H,3,7,11,15H2,(H,26,30). The number of carbonyl (C=O) groups excluding carboxylic acids is 1. The molecule has 4 heterocycles. The Kier molecular flexibility index (Phi) is 4.52. The van der Waals surface area contributed by atoms with Crippen LogP contribution in [-0.2, 0) is 0 Å². The number of nitrogens with zero attached hydrogens (tertiary/aromatic N) is 5. The molecule has 1 unspecified atom stereocenters. The molecule has 2 aromatic heterocycles. The van der Waals surface area contributed by atoms with E-state index in [1.165, 1.54) is 0 Å². The molecule has 30 heavy (non-hydrogen) atoms. The molecular formula is C23H20N6O. The zero-order valence-corrected chi connectivity index (χ0v) is 16.3. The van der Waals surface area contributed by atoms with Gasteiger partial charge in [-0.05, 0) is 49.2 Å². The highest BCUT2D eigenvalue weighted by Crippen LogP contribution is 2.39. The van der Waals surface area contributed by atoms with E-state index in [1.807, 2.05) is 36.4 Å². The molecule has 2 amide bonds. The van der Waals surface area contributed by atoms with Crippen LogP contribution in [-0.4, -0.2) is 35.1 Å². The Balaban J connectivity index is 1.56. The number of hydrogen-bond donors (Lipinski definition) is 1. The maximum absolute atomic E-state index is 13.3. The first-order valence-corrected chi connectivity index (χ1v) is 10.00. The monoisotopic (exact) mass is 396 g/mol. The van der Waals surface area contributed by atoms with Gasteiger partial charge in [0.2, 0.25) is 0 Å². The third kappa shape index (κ3) is 3.22. The van der Waals surface area contributed by atoms with E-state index in [9.17, 15) is 10.1 Å². The molecular weight excluding hydrogens is 376 g/mol. The normalized spacial score (nSPS) is 17.1. The predicted octanol–water partition coefficient (Wildman–Crippen LogP) is 4.04. The largest absolute Gasteiger partial charge is 0.366 e. The summed E-state index contributed by atoms with van der Waals surface area (Å²) in [6.07, 6.45) is 5.28. The Morgan fingerprint density at radius 1 is 1.20 bits per heavy atom. The van der Waals surface area contributed by atoms with Crippen LogP contribution in [0.5, 0.6) is 0 Å². The molecule has 2 bridgehead atoms. The zero-order valence-electron chi connectivity index (χ0n) is 16.3. The highest BCUT2D eigenvalue weighted by Gasteiger charge is 2.38. The summed E-state index contributed by atoms with van der Waals surface area (Å²) in [5.74, 6) is 0.659. The van der Waals surface area contributed by atoms with Crippen molar-refractivity contribution in [2.24, 2.45) is 0 Å². The lowest BCUT2D eigenvalue weighted by molar-refractivity contribution is 0.252. The van der Waals surface area contributed by atoms with Crippen molar-refractivity contribution in [1.29, 1.82) is 5.26 Å². The first-order chi connectivity index (χ1) is 14.7. The second-order valence-electron chi connectivity index (χ2n) is 7.52. The van der Waals surface area contributed by atoms with Gasteiger partial charge in [-0.2, -0.15) is 5.26 Å². The van der Waals surface area contributed by atoms with E-state index in [0.29, 0.717) is 17.1 Å². The first kappa shape index (κ1) is 18.1. The second-order valence-corrected chi connectivity index (χ2v) is 7.52. The van der Waals surface area contributed by atoms with Gasteiger partial charge in [-0.1, -0.05) is 12.1 Å². The number of rotatable bonds is 2. The number of anilines is 3. The van der Waals surface area contributed by atoms with Gasteiger partial charge >= 0.3 is 6.03 Å². The number of urea groups is 1. The van der Waals surface area contributed by atoms with Crippen molar-refractivity contribution in [3.8, 4) is 17.3 Å². The number of fused-ring (bicyclic) bond motifs is 4. The number of nitriles is 1. The number of piperidine rings is 1. The van der Waals surface area contributed by atoms with Gasteiger partial charge in [-0.15, -0.1) is 0 Å². The van der Waals surface area contributed by atoms with Crippen molar-refractivity contribution in [3.05, 3.63) is 66.5 Å². The van der Waals surface area contributed by atoms with Gasteiger partial charge in [0, 0.05) is 24.8 Å². The summed E-state index contributed by atoms with van der Waals surface area (Å²) in [6.45, 7) is 1.77. The van der Waals surface area contributed by atoms with Gasteiger partial charge in [-0.3, -0.25) is 9.88 Å². The van der Waals surface area contributed by atoms with Gasteiger partial charge in [0.1, 0.15) is 0 Å². The Morgan fingerprint density at radius 2 is 2.13 bits per heavy atom. The Bertz CT molecular complexity index is 1140. The van der Waals surface area contributed by atoms with Gasteiger partial charge in [0.05, 0.1) is 40.9 Å². The van der Waals surface area contributed by atoms with Gasteiger partial charge in [0.15, 0.2) is 5.82 Å². The molecule has 1 N–H and O–H groups in total. The van der Waals surface area contributed by atoms with Crippen molar-refractivity contribution in [2.45, 2.75) is 18.9 Å². The van der Waals surface area contributed by atoms with Crippen molar-refractivity contribution < 1.29 is 4.79 Å². The average molecular weight is 396 g/mol. The van der Waals surface area contributed by atoms with Crippen LogP contribution in [0.25, 0.3) is 11.3 Å². The summed E-state index contributed by atoms with van der Waals surface area (Å²) in [4.78, 5) is 26.3. The highest BCUT2D eigenvalue weighted by molar-refractivity contribution is 6.04. The number of aromatic nitrogens is 2. The molecule has 0 radical (unpaired) electrons. The molecule has 7 nitrogen and oxygen atoms in total. The van der Waals surface area contributed by atoms with E-state index in [4.69, 9.17) is 4.98 Å². The fraction of sp³-hybridized carbons (Fsp3) is 0.217. The number of carbonyl (C=O) groups is 1. The van der Waals surface area contributed by atoms with Gasteiger partial charge in [-0.25, -0.2) is 9.78 Å². The minimum absolute atomic E-state index is 0.0658. The van der Waals surface area contributed by atoms with E-state index in [1.54, 1.807) is 29.4 Å². The molecule has 3 aromatic rings. The molecule has 7 heteroatoms. The fourth-order valence-electron chi connectivity index (χ4n) is 4.21. The quantitative estimate of drug-likeness (QED) is 0.707. The van der Waals surface area contributed by atoms with Crippen molar-refractivity contribution >= 4 is 23.2 Å². The number of pyridine rings is 2. The van der Waals surface area contributed by atoms with Crippen molar-refractivity contribution in [2.75, 3.05) is 28.2 Å². The minimum atomic E-state index is -0.203. The topological polar surface area (TPSA) is 85.1 Å². The van der Waals surface area contributed by atoms with E-state index in [2.05, 4.69) is 21.3 Å². The van der Waals surface area contributed by atoms with Gasteiger partial charge in [0.25, 0.3) is 0 Å². The average Bonchev–Trinajstić information content (AvgIpc) is 2.80. The summed E-state index contributed by atoms with van der Waals surface area (Å²) in [6, 6.07) is 17.0. The molecule has 1 aromatic carbocycles. The molecule has 2 aliphatic rings. The molecule has 1 atom stereocenters. The predicted molar refractivity (Wildman–Crippen MR) is 115 cm³/mol. The first-order valence-electron chi connectivity index (χ1n) is 10.00. The van der Waals surface area contributed by atoms with E-state index in [-0.39, 0.29) is 12.1 Å². The fourth-order valence-corrected chi connectivity index (χ4v) is 4.21. The second kappa shape index (κ2) is 7.48. The SMILES string of the molecule is N#Cc1cccc(-c2ccc3c(n2)N(C(=O)Nc2cccnc2)C2CCCN3C2)c1. The van der Waals surface area contributed by atoms with Crippen molar-refractivity contribution in [3.63, 3.8) is 0 Å². The molecule has 2 aliphatic heterocycles. The molecule has 148 valence electrons. The lowest BCUT2D eigenvalue weighted by atomic mass is 9.99. The Hall–Kier alpha value is -3.92. The molecule has 0 saturated carbocycles. The maximum atomic E-state index is 13.3. The van der Waals surface area contributed by atoms with Crippen LogP contribution in [0.3, 0.4) is 0 Å². The lowest BCUT2D eigenvalue weighted by Crippen LogP contribution is -2.56. The van der Waals surface area contributed by atoms with Crippen LogP contribution < -0.4 is 15.1 Å². The maximum Gasteiger partial charge on any atom is 0.327 e. The summed E-state index contributed by atoms with van der Waals surface area (Å²) >= 11 is 0. The van der Waals surface area contributed by atoms with Crippen LogP contribution in [0, 0.1) is 11.3 Å². The zero-order chi connectivity index (χ0) is 20.5. The smallest absolute Gasteiger partial charge is 0.327 e. The molecule has 5 rings (SSSR count). The van der Waals surface area contributed by atoms with E-state index in [0.717, 1.165) is 42.9 Å². The molecule has 0 spiro atoms. The van der Waals surface area contributed by atoms with Crippen LogP contribution >= 0.6 is 0 Å². The number of benzene rings is 1.